The summed E-state index contributed by atoms with van der Waals surface area (Å²) in [6.45, 7) is 0.573. The Hall–Kier alpha value is -1.65. The molecule has 21 heavy (non-hydrogen) atoms. The summed E-state index contributed by atoms with van der Waals surface area (Å²) in [5.41, 5.74) is 6.76. The van der Waals surface area contributed by atoms with E-state index in [1.54, 1.807) is 10.9 Å². The van der Waals surface area contributed by atoms with Crippen LogP contribution in [0, 0.1) is 0 Å². The van der Waals surface area contributed by atoms with Crippen LogP contribution in [-0.2, 0) is 23.5 Å². The number of hydrogen-bond acceptors (Lipinski definition) is 7. The Labute approximate surface area is 127 Å². The second-order valence-corrected chi connectivity index (χ2v) is 7.57. The van der Waals surface area contributed by atoms with E-state index < -0.39 is 10.0 Å². The highest BCUT2D eigenvalue weighted by Gasteiger charge is 2.27. The Morgan fingerprint density at radius 1 is 1.48 bits per heavy atom. The summed E-state index contributed by atoms with van der Waals surface area (Å²) in [6.07, 6.45) is 4.42. The number of aromatic nitrogens is 3. The topological polar surface area (TPSA) is 106 Å². The standard InChI is InChI=1S/C11H18N6O2S2/c1-16(2)21(18,19)9-10(12)15-20-11(9)13-5-4-8-6-14-17(3)7-8/h6-7,13H,4-5H2,1-3H3,(H2,12,15). The molecule has 0 aliphatic carbocycles. The van der Waals surface area contributed by atoms with Gasteiger partial charge in [0.05, 0.1) is 6.20 Å². The van der Waals surface area contributed by atoms with Crippen molar-refractivity contribution in [2.45, 2.75) is 11.3 Å². The highest BCUT2D eigenvalue weighted by molar-refractivity contribution is 7.89. The Kier molecular flexibility index (Phi) is 4.49. The molecule has 0 bridgehead atoms. The Morgan fingerprint density at radius 2 is 2.19 bits per heavy atom. The third-order valence-electron chi connectivity index (χ3n) is 2.87. The summed E-state index contributed by atoms with van der Waals surface area (Å²) in [4.78, 5) is 0.0451. The molecule has 0 unspecified atom stereocenters. The molecule has 0 atom stereocenters. The highest BCUT2D eigenvalue weighted by Crippen LogP contribution is 2.32. The van der Waals surface area contributed by atoms with Gasteiger partial charge in [-0.1, -0.05) is 0 Å². The average Bonchev–Trinajstić information content (AvgIpc) is 2.96. The van der Waals surface area contributed by atoms with Crippen molar-refractivity contribution in [3.8, 4) is 0 Å². The lowest BCUT2D eigenvalue weighted by Crippen LogP contribution is -2.23. The van der Waals surface area contributed by atoms with Gasteiger partial charge >= 0.3 is 0 Å². The molecule has 2 rings (SSSR count). The first-order valence-electron chi connectivity index (χ1n) is 6.21. The smallest absolute Gasteiger partial charge is 0.249 e. The number of aryl methyl sites for hydroxylation is 1. The van der Waals surface area contributed by atoms with Gasteiger partial charge in [-0.3, -0.25) is 4.68 Å². The van der Waals surface area contributed by atoms with Gasteiger partial charge in [0.15, 0.2) is 10.7 Å². The van der Waals surface area contributed by atoms with E-state index in [9.17, 15) is 8.42 Å². The molecule has 0 spiro atoms. The van der Waals surface area contributed by atoms with Gasteiger partial charge in [0.2, 0.25) is 10.0 Å². The number of nitrogens with zero attached hydrogens (tertiary/aromatic N) is 4. The van der Waals surface area contributed by atoms with E-state index in [1.807, 2.05) is 13.2 Å². The molecule has 0 amide bonds. The van der Waals surface area contributed by atoms with Gasteiger partial charge in [-0.2, -0.15) is 9.47 Å². The number of rotatable bonds is 6. The normalized spacial score (nSPS) is 12.0. The van der Waals surface area contributed by atoms with Crippen molar-refractivity contribution in [3.05, 3.63) is 18.0 Å². The van der Waals surface area contributed by atoms with Crippen LogP contribution in [0.25, 0.3) is 0 Å². The minimum absolute atomic E-state index is 0.0255. The van der Waals surface area contributed by atoms with Crippen LogP contribution < -0.4 is 11.1 Å². The van der Waals surface area contributed by atoms with E-state index in [0.29, 0.717) is 11.5 Å². The first-order valence-corrected chi connectivity index (χ1v) is 8.42. The summed E-state index contributed by atoms with van der Waals surface area (Å²) in [5, 5.41) is 7.63. The molecular weight excluding hydrogens is 312 g/mol. The third-order valence-corrected chi connectivity index (χ3v) is 5.71. The number of anilines is 2. The van der Waals surface area contributed by atoms with Crippen molar-refractivity contribution in [1.82, 2.24) is 18.5 Å². The molecule has 10 heteroatoms. The van der Waals surface area contributed by atoms with Gasteiger partial charge in [0, 0.05) is 33.9 Å². The summed E-state index contributed by atoms with van der Waals surface area (Å²) in [5.74, 6) is 0.0255. The fourth-order valence-electron chi connectivity index (χ4n) is 1.76. The number of nitrogen functional groups attached to an aromatic ring is 1. The summed E-state index contributed by atoms with van der Waals surface area (Å²) in [6, 6.07) is 0. The zero-order valence-electron chi connectivity index (χ0n) is 12.1. The fourth-order valence-corrected chi connectivity index (χ4v) is 3.86. The predicted molar refractivity (Wildman–Crippen MR) is 82.8 cm³/mol. The lowest BCUT2D eigenvalue weighted by Gasteiger charge is -2.12. The van der Waals surface area contributed by atoms with E-state index >= 15 is 0 Å². The molecule has 3 N–H and O–H groups in total. The van der Waals surface area contributed by atoms with Gasteiger partial charge < -0.3 is 11.1 Å². The minimum atomic E-state index is -3.61. The quantitative estimate of drug-likeness (QED) is 0.792. The van der Waals surface area contributed by atoms with Gasteiger partial charge in [-0.05, 0) is 23.5 Å². The molecule has 0 saturated carbocycles. The highest BCUT2D eigenvalue weighted by atomic mass is 32.2. The minimum Gasteiger partial charge on any atom is -0.382 e. The molecule has 2 aromatic rings. The first kappa shape index (κ1) is 15.7. The van der Waals surface area contributed by atoms with Crippen molar-refractivity contribution >= 4 is 32.4 Å². The number of nitrogens with one attached hydrogen (secondary N) is 1. The van der Waals surface area contributed by atoms with Crippen molar-refractivity contribution in [3.63, 3.8) is 0 Å². The third kappa shape index (κ3) is 3.34. The van der Waals surface area contributed by atoms with Crippen LogP contribution >= 0.6 is 11.5 Å². The van der Waals surface area contributed by atoms with Gasteiger partial charge in [0.1, 0.15) is 5.00 Å². The molecule has 0 aliphatic rings. The summed E-state index contributed by atoms with van der Waals surface area (Å²) in [7, 11) is 1.17. The van der Waals surface area contributed by atoms with Crippen LogP contribution in [0.5, 0.6) is 0 Å². The van der Waals surface area contributed by atoms with Crippen LogP contribution in [-0.4, -0.2) is 47.5 Å². The van der Waals surface area contributed by atoms with E-state index in [2.05, 4.69) is 14.8 Å². The maximum Gasteiger partial charge on any atom is 0.249 e. The van der Waals surface area contributed by atoms with Crippen molar-refractivity contribution < 1.29 is 8.42 Å². The number of hydrogen-bond donors (Lipinski definition) is 2. The zero-order chi connectivity index (χ0) is 15.6. The SMILES string of the molecule is CN(C)S(=O)(=O)c1c(N)nsc1NCCc1cnn(C)c1. The summed E-state index contributed by atoms with van der Waals surface area (Å²) >= 11 is 1.05. The molecule has 116 valence electrons. The molecule has 0 aromatic carbocycles. The Balaban J connectivity index is 2.11. The Morgan fingerprint density at radius 3 is 2.76 bits per heavy atom. The van der Waals surface area contributed by atoms with E-state index in [0.717, 1.165) is 27.8 Å². The number of nitrogens with two attached hydrogens (primary N) is 1. The van der Waals surface area contributed by atoms with Crippen molar-refractivity contribution in [2.24, 2.45) is 7.05 Å². The van der Waals surface area contributed by atoms with Gasteiger partial charge in [-0.25, -0.2) is 12.7 Å². The van der Waals surface area contributed by atoms with Gasteiger partial charge in [-0.15, -0.1) is 0 Å². The maximum absolute atomic E-state index is 12.2. The maximum atomic E-state index is 12.2. The number of sulfonamides is 1. The monoisotopic (exact) mass is 330 g/mol. The molecular formula is C11H18N6O2S2. The summed E-state index contributed by atoms with van der Waals surface area (Å²) < 4.78 is 31.2. The van der Waals surface area contributed by atoms with Crippen molar-refractivity contribution in [1.29, 1.82) is 0 Å². The lowest BCUT2D eigenvalue weighted by molar-refractivity contribution is 0.521. The second kappa shape index (κ2) is 6.00. The fraction of sp³-hybridized carbons (Fsp3) is 0.455. The predicted octanol–water partition coefficient (Wildman–Crippen LogP) is 0.364. The average molecular weight is 330 g/mol. The molecule has 0 radical (unpaired) electrons. The van der Waals surface area contributed by atoms with E-state index in [-0.39, 0.29) is 10.7 Å². The van der Waals surface area contributed by atoms with Crippen molar-refractivity contribution in [2.75, 3.05) is 31.7 Å². The Bertz CT molecular complexity index is 719. The zero-order valence-corrected chi connectivity index (χ0v) is 13.7. The largest absolute Gasteiger partial charge is 0.382 e. The van der Waals surface area contributed by atoms with Crippen LogP contribution in [0.3, 0.4) is 0 Å². The molecule has 0 saturated heterocycles. The van der Waals surface area contributed by atoms with Crippen LogP contribution in [0.2, 0.25) is 0 Å². The van der Waals surface area contributed by atoms with E-state index in [1.165, 1.54) is 14.1 Å². The van der Waals surface area contributed by atoms with Crippen LogP contribution in [0.4, 0.5) is 10.8 Å². The lowest BCUT2D eigenvalue weighted by atomic mass is 10.2. The van der Waals surface area contributed by atoms with E-state index in [4.69, 9.17) is 5.73 Å². The van der Waals surface area contributed by atoms with Gasteiger partial charge in [0.25, 0.3) is 0 Å². The second-order valence-electron chi connectivity index (χ2n) is 4.71. The van der Waals surface area contributed by atoms with Crippen LogP contribution in [0.15, 0.2) is 17.3 Å². The molecule has 0 fully saturated rings. The van der Waals surface area contributed by atoms with Crippen LogP contribution in [0.1, 0.15) is 5.56 Å². The first-order chi connectivity index (χ1) is 9.82. The molecule has 2 aromatic heterocycles. The molecule has 0 aliphatic heterocycles. The molecule has 8 nitrogen and oxygen atoms in total. The molecule has 2 heterocycles.